The number of carbonyl (C=O) groups excluding carboxylic acids is 6. The minimum atomic E-state index is -3.19. The summed E-state index contributed by atoms with van der Waals surface area (Å²) in [6.45, 7) is 4.08. The van der Waals surface area contributed by atoms with Gasteiger partial charge in [0.2, 0.25) is 23.6 Å². The predicted octanol–water partition coefficient (Wildman–Crippen LogP) is 0.631. The number of aliphatic imine (C=N–C) groups is 1. The second-order valence-electron chi connectivity index (χ2n) is 24.0. The molecule has 3 aliphatic heterocycles. The van der Waals surface area contributed by atoms with E-state index in [2.05, 4.69) is 36.1 Å². The number of rotatable bonds is 34. The SMILES string of the molecule is CC(=NCCCCC(NC(=O)CN1CCN(CC(=O)O)CCN(CC(=O)O)CCN(CC(=O)O)CC1)C(=O)NCCSCC(O)C(=O)N1CCN(CCCCOc2ccc3nccc(C(=O)NCC(=O)N4CC(F)(F)C[C@@H]4C#N)c3c2)CC1)NC(=O)CCCc1ccc(O)cc1. The van der Waals surface area contributed by atoms with Crippen LogP contribution in [-0.2, 0) is 44.8 Å². The van der Waals surface area contributed by atoms with E-state index in [-0.39, 0.29) is 121 Å². The summed E-state index contributed by atoms with van der Waals surface area (Å²) in [6.07, 6.45) is 3.50. The number of carboxylic acid groups (broad SMARTS) is 3. The number of amidine groups is 1. The van der Waals surface area contributed by atoms with Crippen LogP contribution in [0.25, 0.3) is 10.9 Å². The van der Waals surface area contributed by atoms with Gasteiger partial charge in [-0.3, -0.25) is 77.6 Å². The number of ether oxygens (including phenoxy) is 1. The summed E-state index contributed by atoms with van der Waals surface area (Å²) in [6, 6.07) is 12.8. The minimum absolute atomic E-state index is 0.0673. The molecule has 0 radical (unpaired) electrons. The number of nitrogens with one attached hydrogen (secondary N) is 4. The first-order chi connectivity index (χ1) is 45.9. The number of piperazine rings is 1. The molecule has 4 heterocycles. The lowest BCUT2D eigenvalue weighted by atomic mass is 10.1. The van der Waals surface area contributed by atoms with Crippen molar-refractivity contribution in [2.75, 3.05) is 156 Å². The maximum absolute atomic E-state index is 13.9. The van der Waals surface area contributed by atoms with Gasteiger partial charge in [-0.15, -0.1) is 0 Å². The standard InChI is InChI=1S/C64H90F2N14O15S/c1-45(72-55(83)9-6-7-46-10-12-48(81)13-11-46)68-17-3-2-8-53(73-56(84)39-75-21-23-76(40-58(86)87)25-27-78(42-60(90)91)28-26-77(24-22-75)41-59(88)89)62(93)70-19-34-96-43-54(82)63(94)79-31-29-74(30-32-79)20-4-5-33-95-49-14-15-52-51(35-49)50(16-18-69-52)61(92)71-38-57(85)80-44-64(65,66)36-47(80)37-67/h10-16,18,35,47,53-54,81-82H,2-9,17,19-34,36,38-44H2,1H3,(H,70,93)(H,71,92)(H,73,84)(H,86,87)(H,88,89)(H,90,91)(H,68,72,83)/t47-,53?,54?/m1/s1. The number of nitrogens with zero attached hydrogens (tertiary/aromatic N) is 10. The van der Waals surface area contributed by atoms with Crippen LogP contribution in [0.1, 0.15) is 74.2 Å². The molecule has 3 aromatic rings. The van der Waals surface area contributed by atoms with Crippen molar-refractivity contribution in [2.24, 2.45) is 4.99 Å². The molecule has 29 nitrogen and oxygen atoms in total. The van der Waals surface area contributed by atoms with E-state index < -0.39 is 91.1 Å². The number of aliphatic hydroxyl groups excluding tert-OH is 1. The molecular formula is C64H90F2N14O15S. The zero-order valence-corrected chi connectivity index (χ0v) is 55.0. The number of aromatic nitrogens is 1. The van der Waals surface area contributed by atoms with Gasteiger partial charge in [0.05, 0.1) is 68.9 Å². The summed E-state index contributed by atoms with van der Waals surface area (Å²) in [7, 11) is 0. The Kier molecular flexibility index (Phi) is 31.8. The van der Waals surface area contributed by atoms with E-state index in [9.17, 15) is 82.7 Å². The lowest BCUT2D eigenvalue weighted by molar-refractivity contribution is -0.141. The third kappa shape index (κ3) is 27.5. The number of carboxylic acids is 3. The minimum Gasteiger partial charge on any atom is -0.508 e. The number of aliphatic carboxylic acids is 3. The van der Waals surface area contributed by atoms with E-state index >= 15 is 0 Å². The van der Waals surface area contributed by atoms with Crippen LogP contribution in [0.3, 0.4) is 0 Å². The molecule has 96 heavy (non-hydrogen) atoms. The first kappa shape index (κ1) is 76.8. The highest BCUT2D eigenvalue weighted by Gasteiger charge is 2.47. The van der Waals surface area contributed by atoms with Gasteiger partial charge >= 0.3 is 17.9 Å². The van der Waals surface area contributed by atoms with E-state index in [1.54, 1.807) is 80.0 Å². The quantitative estimate of drug-likeness (QED) is 0.0225. The number of carbonyl (C=O) groups is 9. The van der Waals surface area contributed by atoms with Crippen molar-refractivity contribution in [1.82, 2.24) is 60.6 Å². The maximum Gasteiger partial charge on any atom is 0.317 e. The van der Waals surface area contributed by atoms with Crippen molar-refractivity contribution in [3.63, 3.8) is 0 Å². The number of aliphatic hydroxyl groups is 1. The molecule has 9 N–H and O–H groups in total. The molecule has 2 aromatic carbocycles. The molecule has 0 spiro atoms. The third-order valence-electron chi connectivity index (χ3n) is 16.4. The van der Waals surface area contributed by atoms with Gasteiger partial charge in [0, 0.05) is 128 Å². The van der Waals surface area contributed by atoms with Gasteiger partial charge in [0.1, 0.15) is 29.7 Å². The molecule has 526 valence electrons. The van der Waals surface area contributed by atoms with Gasteiger partial charge in [-0.05, 0) is 100 Å². The highest BCUT2D eigenvalue weighted by Crippen LogP contribution is 2.32. The lowest BCUT2D eigenvalue weighted by Gasteiger charge is -2.35. The van der Waals surface area contributed by atoms with Crippen LogP contribution in [0, 0.1) is 11.3 Å². The largest absolute Gasteiger partial charge is 0.508 e. The molecule has 0 saturated carbocycles. The number of hydrogen-bond acceptors (Lipinski definition) is 21. The zero-order chi connectivity index (χ0) is 69.6. The number of phenolic OH excluding ortho intramolecular Hbond substituents is 1. The van der Waals surface area contributed by atoms with Gasteiger partial charge in [-0.25, -0.2) is 8.78 Å². The van der Waals surface area contributed by atoms with Crippen molar-refractivity contribution in [1.29, 1.82) is 5.26 Å². The Balaban J connectivity index is 0.933. The highest BCUT2D eigenvalue weighted by molar-refractivity contribution is 7.99. The fourth-order valence-electron chi connectivity index (χ4n) is 11.2. The molecule has 0 bridgehead atoms. The van der Waals surface area contributed by atoms with Gasteiger partial charge in [-0.2, -0.15) is 17.0 Å². The van der Waals surface area contributed by atoms with Gasteiger partial charge < -0.3 is 61.3 Å². The van der Waals surface area contributed by atoms with Crippen molar-refractivity contribution in [2.45, 2.75) is 88.8 Å². The molecule has 6 rings (SSSR count). The Morgan fingerprint density at radius 3 is 1.99 bits per heavy atom. The fourth-order valence-corrected chi connectivity index (χ4v) is 12.0. The molecule has 3 aliphatic rings. The average molecular weight is 1370 g/mol. The number of phenols is 1. The number of thioether (sulfide) groups is 1. The second-order valence-corrected chi connectivity index (χ2v) is 25.1. The number of unbranched alkanes of at least 4 members (excludes halogenated alkanes) is 2. The molecule has 3 fully saturated rings. The summed E-state index contributed by atoms with van der Waals surface area (Å²) >= 11 is 1.27. The maximum atomic E-state index is 13.9. The third-order valence-corrected chi connectivity index (χ3v) is 17.5. The monoisotopic (exact) mass is 1360 g/mol. The van der Waals surface area contributed by atoms with E-state index in [4.69, 9.17) is 4.74 Å². The second kappa shape index (κ2) is 39.8. The number of likely N-dealkylation sites (tertiary alicyclic amines) is 1. The van der Waals surface area contributed by atoms with Crippen molar-refractivity contribution in [3.05, 3.63) is 65.9 Å². The van der Waals surface area contributed by atoms with Crippen LogP contribution >= 0.6 is 11.8 Å². The number of pyridine rings is 1. The molecule has 0 aliphatic carbocycles. The molecule has 3 atom stereocenters. The Hall–Kier alpha value is -8.19. The van der Waals surface area contributed by atoms with Crippen LogP contribution in [0.5, 0.6) is 11.5 Å². The summed E-state index contributed by atoms with van der Waals surface area (Å²) in [5, 5.41) is 70.1. The Bertz CT molecular complexity index is 3140. The number of aryl methyl sites for hydroxylation is 1. The first-order valence-electron chi connectivity index (χ1n) is 32.3. The average Bonchev–Trinajstić information content (AvgIpc) is 0.924. The number of halogens is 2. The molecule has 2 unspecified atom stereocenters. The molecule has 1 aromatic heterocycles. The van der Waals surface area contributed by atoms with Crippen molar-refractivity contribution in [3.8, 4) is 17.6 Å². The van der Waals surface area contributed by atoms with E-state index in [1.165, 1.54) is 24.0 Å². The summed E-state index contributed by atoms with van der Waals surface area (Å²) in [5.74, 6) is -8.00. The smallest absolute Gasteiger partial charge is 0.317 e. The summed E-state index contributed by atoms with van der Waals surface area (Å²) in [5.41, 5.74) is 1.68. The number of aromatic hydroxyl groups is 1. The van der Waals surface area contributed by atoms with E-state index in [1.807, 2.05) is 0 Å². The number of fused-ring (bicyclic) bond motifs is 1. The number of benzene rings is 2. The van der Waals surface area contributed by atoms with Crippen molar-refractivity contribution < 1.29 is 82.2 Å². The van der Waals surface area contributed by atoms with Crippen LogP contribution in [0.2, 0.25) is 0 Å². The number of hydrogen-bond donors (Lipinski definition) is 9. The Morgan fingerprint density at radius 1 is 0.760 bits per heavy atom. The lowest BCUT2D eigenvalue weighted by Crippen LogP contribution is -2.52. The van der Waals surface area contributed by atoms with E-state index in [0.717, 1.165) is 23.4 Å². The molecule has 32 heteroatoms. The van der Waals surface area contributed by atoms with Crippen LogP contribution in [-0.4, -0.2) is 304 Å². The van der Waals surface area contributed by atoms with E-state index in [0.29, 0.717) is 99.7 Å². The van der Waals surface area contributed by atoms with Crippen LogP contribution < -0.4 is 26.0 Å². The topological polar surface area (TPSA) is 384 Å². The fraction of sp³-hybridized carbons (Fsp3) is 0.594. The summed E-state index contributed by atoms with van der Waals surface area (Å²) in [4.78, 5) is 135. The predicted molar refractivity (Wildman–Crippen MR) is 350 cm³/mol. The summed E-state index contributed by atoms with van der Waals surface area (Å²) < 4.78 is 33.8. The highest BCUT2D eigenvalue weighted by atomic mass is 32.2. The van der Waals surface area contributed by atoms with Crippen LogP contribution in [0.15, 0.2) is 59.7 Å². The van der Waals surface area contributed by atoms with Crippen LogP contribution in [0.4, 0.5) is 8.78 Å². The zero-order valence-electron chi connectivity index (χ0n) is 54.2. The normalized spacial score (nSPS) is 17.9. The molecule has 3 saturated heterocycles. The van der Waals surface area contributed by atoms with Gasteiger partial charge in [0.25, 0.3) is 17.7 Å². The number of amides is 6. The number of nitriles is 1. The molecule has 6 amide bonds. The molecular weight excluding hydrogens is 1270 g/mol. The van der Waals surface area contributed by atoms with Gasteiger partial charge in [0.15, 0.2) is 0 Å². The van der Waals surface area contributed by atoms with Crippen molar-refractivity contribution >= 4 is 81.9 Å². The van der Waals surface area contributed by atoms with Gasteiger partial charge in [-0.1, -0.05) is 12.1 Å². The number of alkyl halides is 2. The Morgan fingerprint density at radius 2 is 1.38 bits per heavy atom. The Labute approximate surface area is 560 Å². The first-order valence-corrected chi connectivity index (χ1v) is 33.4.